The molecule has 1 amide bonds. The number of carbonyl (C=O) groups excluding carboxylic acids is 1. The van der Waals surface area contributed by atoms with Gasteiger partial charge in [0.2, 0.25) is 6.79 Å². The first-order valence-corrected chi connectivity index (χ1v) is 8.67. The highest BCUT2D eigenvalue weighted by Crippen LogP contribution is 2.32. The Morgan fingerprint density at radius 1 is 1.15 bits per heavy atom. The third kappa shape index (κ3) is 3.06. The van der Waals surface area contributed by atoms with E-state index in [9.17, 15) is 9.59 Å². The van der Waals surface area contributed by atoms with Gasteiger partial charge >= 0.3 is 0 Å². The number of ether oxygens (including phenoxy) is 2. The summed E-state index contributed by atoms with van der Waals surface area (Å²) in [4.78, 5) is 31.1. The molecule has 0 atom stereocenters. The van der Waals surface area contributed by atoms with Crippen LogP contribution in [0.3, 0.4) is 0 Å². The number of nitrogens with zero attached hydrogens (tertiary/aromatic N) is 2. The molecular formula is C19H20N2O5. The Kier molecular flexibility index (Phi) is 4.38. The topological polar surface area (TPSA) is 70.0 Å². The van der Waals surface area contributed by atoms with E-state index in [1.165, 1.54) is 9.63 Å². The summed E-state index contributed by atoms with van der Waals surface area (Å²) in [6, 6.07) is 7.34. The van der Waals surface area contributed by atoms with Crippen molar-refractivity contribution < 1.29 is 19.1 Å². The van der Waals surface area contributed by atoms with Gasteiger partial charge in [-0.05, 0) is 49.1 Å². The predicted octanol–water partition coefficient (Wildman–Crippen LogP) is 2.10. The van der Waals surface area contributed by atoms with Crippen LogP contribution in [0.2, 0.25) is 0 Å². The molecule has 0 unspecified atom stereocenters. The minimum atomic E-state index is -0.368. The summed E-state index contributed by atoms with van der Waals surface area (Å²) in [5, 5.41) is 1.30. The molecule has 7 heteroatoms. The van der Waals surface area contributed by atoms with Gasteiger partial charge in [0, 0.05) is 12.7 Å². The van der Waals surface area contributed by atoms with Crippen LogP contribution in [0.15, 0.2) is 35.3 Å². The van der Waals surface area contributed by atoms with Crippen LogP contribution < -0.4 is 15.0 Å². The quantitative estimate of drug-likeness (QED) is 0.842. The monoisotopic (exact) mass is 356 g/mol. The first kappa shape index (κ1) is 16.7. The highest BCUT2D eigenvalue weighted by Gasteiger charge is 2.24. The highest BCUT2D eigenvalue weighted by atomic mass is 16.7. The summed E-state index contributed by atoms with van der Waals surface area (Å²) in [5.74, 6) is 0.996. The lowest BCUT2D eigenvalue weighted by atomic mass is 10.1. The van der Waals surface area contributed by atoms with Crippen molar-refractivity contribution in [3.05, 3.63) is 57.5 Å². The number of pyridine rings is 1. The number of fused-ring (bicyclic) bond motifs is 1. The van der Waals surface area contributed by atoms with Gasteiger partial charge in [-0.2, -0.15) is 0 Å². The van der Waals surface area contributed by atoms with E-state index < -0.39 is 0 Å². The maximum atomic E-state index is 12.9. The lowest BCUT2D eigenvalue weighted by molar-refractivity contribution is -0.144. The SMILES string of the molecule is Cc1ccn(Cc2ccc3c(c2)OCO3)c(=O)c1C(=O)N1CCCCO1. The van der Waals surface area contributed by atoms with Crippen LogP contribution in [0.5, 0.6) is 11.5 Å². The molecule has 136 valence electrons. The lowest BCUT2D eigenvalue weighted by Gasteiger charge is -2.26. The number of carbonyl (C=O) groups is 1. The van der Waals surface area contributed by atoms with E-state index in [2.05, 4.69) is 0 Å². The fraction of sp³-hybridized carbons (Fsp3) is 0.368. The van der Waals surface area contributed by atoms with Crippen molar-refractivity contribution in [2.75, 3.05) is 19.9 Å². The second kappa shape index (κ2) is 6.84. The zero-order valence-corrected chi connectivity index (χ0v) is 14.6. The van der Waals surface area contributed by atoms with E-state index >= 15 is 0 Å². The number of hydrogen-bond acceptors (Lipinski definition) is 5. The molecule has 2 aliphatic rings. The molecule has 1 aromatic heterocycles. The van der Waals surface area contributed by atoms with Crippen molar-refractivity contribution in [3.63, 3.8) is 0 Å². The molecule has 1 fully saturated rings. The lowest BCUT2D eigenvalue weighted by Crippen LogP contribution is -2.40. The molecule has 1 aromatic carbocycles. The zero-order valence-electron chi connectivity index (χ0n) is 14.6. The molecular weight excluding hydrogens is 336 g/mol. The van der Waals surface area contributed by atoms with Gasteiger partial charge in [-0.1, -0.05) is 6.07 Å². The molecule has 2 aliphatic heterocycles. The van der Waals surface area contributed by atoms with Crippen LogP contribution in [0.4, 0.5) is 0 Å². The van der Waals surface area contributed by atoms with Gasteiger partial charge in [-0.25, -0.2) is 5.06 Å². The van der Waals surface area contributed by atoms with Crippen molar-refractivity contribution in [1.29, 1.82) is 0 Å². The maximum absolute atomic E-state index is 12.9. The summed E-state index contributed by atoms with van der Waals surface area (Å²) in [6.45, 7) is 3.33. The van der Waals surface area contributed by atoms with E-state index in [0.717, 1.165) is 18.4 Å². The van der Waals surface area contributed by atoms with Crippen molar-refractivity contribution in [2.45, 2.75) is 26.3 Å². The van der Waals surface area contributed by atoms with Crippen LogP contribution >= 0.6 is 0 Å². The van der Waals surface area contributed by atoms with Gasteiger partial charge in [-0.3, -0.25) is 14.4 Å². The summed E-state index contributed by atoms with van der Waals surface area (Å²) >= 11 is 0. The molecule has 7 nitrogen and oxygen atoms in total. The van der Waals surface area contributed by atoms with Crippen LogP contribution in [0.25, 0.3) is 0 Å². The number of aryl methyl sites for hydroxylation is 1. The molecule has 0 aliphatic carbocycles. The summed E-state index contributed by atoms with van der Waals surface area (Å²) < 4.78 is 12.2. The largest absolute Gasteiger partial charge is 0.454 e. The smallest absolute Gasteiger partial charge is 0.283 e. The molecule has 1 saturated heterocycles. The number of benzene rings is 1. The van der Waals surface area contributed by atoms with E-state index in [1.807, 2.05) is 18.2 Å². The molecule has 0 saturated carbocycles. The molecule has 0 spiro atoms. The van der Waals surface area contributed by atoms with Gasteiger partial charge in [0.1, 0.15) is 5.56 Å². The number of hydroxylamine groups is 2. The molecule has 3 heterocycles. The van der Waals surface area contributed by atoms with Gasteiger partial charge in [0.05, 0.1) is 13.2 Å². The second-order valence-electron chi connectivity index (χ2n) is 6.44. The summed E-state index contributed by atoms with van der Waals surface area (Å²) in [7, 11) is 0. The van der Waals surface area contributed by atoms with E-state index in [0.29, 0.717) is 36.8 Å². The second-order valence-corrected chi connectivity index (χ2v) is 6.44. The Hall–Kier alpha value is -2.80. The van der Waals surface area contributed by atoms with Crippen molar-refractivity contribution >= 4 is 5.91 Å². The summed E-state index contributed by atoms with van der Waals surface area (Å²) in [5.41, 5.74) is 1.39. The van der Waals surface area contributed by atoms with Gasteiger partial charge in [0.15, 0.2) is 11.5 Å². The Balaban J connectivity index is 1.63. The normalized spacial score (nSPS) is 16.0. The minimum Gasteiger partial charge on any atom is -0.454 e. The van der Waals surface area contributed by atoms with Gasteiger partial charge < -0.3 is 14.0 Å². The standard InChI is InChI=1S/C19H20N2O5/c1-13-6-8-20(11-14-4-5-15-16(10-14)25-12-24-15)18(22)17(13)19(23)21-7-2-3-9-26-21/h4-6,8,10H,2-3,7,9,11-12H2,1H3. The minimum absolute atomic E-state index is 0.162. The van der Waals surface area contributed by atoms with Crippen LogP contribution in [0, 0.1) is 6.92 Å². The fourth-order valence-corrected chi connectivity index (χ4v) is 3.17. The molecule has 0 bridgehead atoms. The van der Waals surface area contributed by atoms with E-state index in [-0.39, 0.29) is 23.8 Å². The molecule has 26 heavy (non-hydrogen) atoms. The van der Waals surface area contributed by atoms with Crippen LogP contribution in [-0.4, -0.2) is 35.5 Å². The number of amides is 1. The summed E-state index contributed by atoms with van der Waals surface area (Å²) in [6.07, 6.45) is 3.50. The first-order valence-electron chi connectivity index (χ1n) is 8.67. The van der Waals surface area contributed by atoms with Gasteiger partial charge in [0.25, 0.3) is 11.5 Å². The average Bonchev–Trinajstić information content (AvgIpc) is 3.12. The molecule has 4 rings (SSSR count). The highest BCUT2D eigenvalue weighted by molar-refractivity contribution is 5.94. The number of hydrogen-bond donors (Lipinski definition) is 0. The third-order valence-corrected chi connectivity index (χ3v) is 4.61. The Bertz CT molecular complexity index is 899. The Morgan fingerprint density at radius 3 is 2.81 bits per heavy atom. The molecule has 0 radical (unpaired) electrons. The Morgan fingerprint density at radius 2 is 2.00 bits per heavy atom. The van der Waals surface area contributed by atoms with Crippen LogP contribution in [-0.2, 0) is 11.4 Å². The predicted molar refractivity (Wildman–Crippen MR) is 93.3 cm³/mol. The zero-order chi connectivity index (χ0) is 18.1. The first-order chi connectivity index (χ1) is 12.6. The Labute approximate surface area is 150 Å². The van der Waals surface area contributed by atoms with E-state index in [4.69, 9.17) is 14.3 Å². The van der Waals surface area contributed by atoms with Gasteiger partial charge in [-0.15, -0.1) is 0 Å². The fourth-order valence-electron chi connectivity index (χ4n) is 3.17. The maximum Gasteiger partial charge on any atom is 0.283 e. The van der Waals surface area contributed by atoms with Crippen LogP contribution in [0.1, 0.15) is 34.3 Å². The number of aromatic nitrogens is 1. The van der Waals surface area contributed by atoms with Crippen molar-refractivity contribution in [3.8, 4) is 11.5 Å². The van der Waals surface area contributed by atoms with Crippen molar-refractivity contribution in [1.82, 2.24) is 9.63 Å². The van der Waals surface area contributed by atoms with Crippen molar-refractivity contribution in [2.24, 2.45) is 0 Å². The average molecular weight is 356 g/mol. The molecule has 2 aromatic rings. The third-order valence-electron chi connectivity index (χ3n) is 4.61. The number of rotatable bonds is 3. The van der Waals surface area contributed by atoms with E-state index in [1.54, 1.807) is 19.2 Å². The molecule has 0 N–H and O–H groups in total.